The topological polar surface area (TPSA) is 92.3 Å². The van der Waals surface area contributed by atoms with E-state index in [2.05, 4.69) is 15.3 Å². The molecular formula is C24H21F5N4O3S. The summed E-state index contributed by atoms with van der Waals surface area (Å²) < 4.78 is 95.0. The lowest BCUT2D eigenvalue weighted by Gasteiger charge is -2.23. The third-order valence-electron chi connectivity index (χ3n) is 5.73. The van der Waals surface area contributed by atoms with Gasteiger partial charge in [0, 0.05) is 44.4 Å². The Bertz CT molecular complexity index is 1400. The van der Waals surface area contributed by atoms with E-state index in [4.69, 9.17) is 0 Å². The molecule has 0 saturated carbocycles. The fourth-order valence-electron chi connectivity index (χ4n) is 3.93. The second kappa shape index (κ2) is 10.1. The maximum atomic E-state index is 14.3. The highest BCUT2D eigenvalue weighted by atomic mass is 32.2. The van der Waals surface area contributed by atoms with Crippen molar-refractivity contribution in [3.05, 3.63) is 77.9 Å². The van der Waals surface area contributed by atoms with Crippen molar-refractivity contribution in [2.75, 3.05) is 6.54 Å². The molecule has 2 heterocycles. The van der Waals surface area contributed by atoms with Crippen molar-refractivity contribution >= 4 is 15.9 Å². The first-order chi connectivity index (χ1) is 17.3. The molecule has 0 unspecified atom stereocenters. The molecule has 1 fully saturated rings. The fourth-order valence-corrected chi connectivity index (χ4v) is 5.56. The number of rotatable bonds is 7. The number of carbonyl (C=O) groups is 1. The zero-order valence-corrected chi connectivity index (χ0v) is 20.2. The number of sulfonamides is 1. The van der Waals surface area contributed by atoms with Crippen LogP contribution in [-0.2, 0) is 27.3 Å². The molecular weight excluding hydrogens is 519 g/mol. The van der Waals surface area contributed by atoms with Crippen LogP contribution >= 0.6 is 0 Å². The Hall–Kier alpha value is -3.45. The predicted octanol–water partition coefficient (Wildman–Crippen LogP) is 3.95. The smallest absolute Gasteiger partial charge is 0.303 e. The molecule has 1 N–H and O–H groups in total. The van der Waals surface area contributed by atoms with E-state index in [-0.39, 0.29) is 34.6 Å². The van der Waals surface area contributed by atoms with Crippen molar-refractivity contribution in [3.8, 4) is 11.1 Å². The number of nitrogens with one attached hydrogen (secondary N) is 1. The molecule has 0 radical (unpaired) electrons. The van der Waals surface area contributed by atoms with E-state index in [1.165, 1.54) is 6.07 Å². The van der Waals surface area contributed by atoms with Crippen LogP contribution in [0.2, 0.25) is 0 Å². The largest absolute Gasteiger partial charge is 0.351 e. The number of benzene rings is 2. The van der Waals surface area contributed by atoms with Gasteiger partial charge >= 0.3 is 5.92 Å². The SMILES string of the molecule is CC(F)(F)c1ncc(-c2cc(F)cc(CNC(=O)[C@@H]3C[C@@H](F)CN3S(=O)(=O)c3ccc(F)cc3)c2)cn1. The third kappa shape index (κ3) is 5.93. The van der Waals surface area contributed by atoms with Crippen LogP contribution in [-0.4, -0.2) is 47.4 Å². The van der Waals surface area contributed by atoms with E-state index in [1.807, 2.05) is 0 Å². The summed E-state index contributed by atoms with van der Waals surface area (Å²) >= 11 is 0. The predicted molar refractivity (Wildman–Crippen MR) is 122 cm³/mol. The standard InChI is InChI=1S/C24H21F5N4O3S/c1-24(28,29)23-31-11-16(12-32-23)15-6-14(7-18(26)8-15)10-30-22(34)21-9-19(27)13-33(21)37(35,36)20-4-2-17(25)3-5-20/h2-8,11-12,19,21H,9-10,13H2,1H3,(H,30,34)/t19-,21+/m1/s1. The molecule has 3 aromatic rings. The van der Waals surface area contributed by atoms with E-state index < -0.39 is 58.1 Å². The summed E-state index contributed by atoms with van der Waals surface area (Å²) in [6, 6.07) is 6.31. The maximum absolute atomic E-state index is 14.3. The molecule has 1 saturated heterocycles. The van der Waals surface area contributed by atoms with Crippen molar-refractivity contribution in [1.29, 1.82) is 0 Å². The lowest BCUT2D eigenvalue weighted by Crippen LogP contribution is -2.45. The molecule has 1 aromatic heterocycles. The minimum Gasteiger partial charge on any atom is -0.351 e. The van der Waals surface area contributed by atoms with Gasteiger partial charge in [-0.3, -0.25) is 4.79 Å². The molecule has 4 rings (SSSR count). The highest BCUT2D eigenvalue weighted by molar-refractivity contribution is 7.89. The molecule has 2 aromatic carbocycles. The van der Waals surface area contributed by atoms with E-state index in [0.717, 1.165) is 53.1 Å². The van der Waals surface area contributed by atoms with Gasteiger partial charge in [-0.1, -0.05) is 0 Å². The number of hydrogen-bond acceptors (Lipinski definition) is 5. The third-order valence-corrected chi connectivity index (χ3v) is 7.62. The van der Waals surface area contributed by atoms with E-state index in [0.29, 0.717) is 6.92 Å². The van der Waals surface area contributed by atoms with Gasteiger partial charge in [-0.05, 0) is 53.6 Å². The van der Waals surface area contributed by atoms with Crippen LogP contribution in [0.15, 0.2) is 59.8 Å². The summed E-state index contributed by atoms with van der Waals surface area (Å²) in [6.45, 7) is -0.130. The molecule has 13 heteroatoms. The summed E-state index contributed by atoms with van der Waals surface area (Å²) in [6.07, 6.45) is 0.265. The zero-order valence-electron chi connectivity index (χ0n) is 19.3. The van der Waals surface area contributed by atoms with Gasteiger partial charge in [0.15, 0.2) is 5.82 Å². The van der Waals surface area contributed by atoms with Crippen LogP contribution < -0.4 is 5.32 Å². The fraction of sp³-hybridized carbons (Fsp3) is 0.292. The molecule has 1 amide bonds. The Morgan fingerprint density at radius 1 is 1.05 bits per heavy atom. The number of aromatic nitrogens is 2. The number of nitrogens with zero attached hydrogens (tertiary/aromatic N) is 3. The Morgan fingerprint density at radius 3 is 2.32 bits per heavy atom. The average molecular weight is 541 g/mol. The Balaban J connectivity index is 1.50. The van der Waals surface area contributed by atoms with Crippen LogP contribution in [0.4, 0.5) is 22.0 Å². The van der Waals surface area contributed by atoms with E-state index in [9.17, 15) is 35.2 Å². The van der Waals surface area contributed by atoms with Gasteiger partial charge in [0.2, 0.25) is 15.9 Å². The van der Waals surface area contributed by atoms with Crippen molar-refractivity contribution in [1.82, 2.24) is 19.6 Å². The number of amides is 1. The molecule has 1 aliphatic heterocycles. The highest BCUT2D eigenvalue weighted by Gasteiger charge is 2.44. The van der Waals surface area contributed by atoms with Crippen molar-refractivity contribution in [3.63, 3.8) is 0 Å². The van der Waals surface area contributed by atoms with E-state index in [1.54, 1.807) is 0 Å². The van der Waals surface area contributed by atoms with Crippen LogP contribution in [0, 0.1) is 11.6 Å². The molecule has 1 aliphatic rings. The number of hydrogen-bond donors (Lipinski definition) is 1. The van der Waals surface area contributed by atoms with Gasteiger partial charge in [0.05, 0.1) is 4.90 Å². The van der Waals surface area contributed by atoms with Crippen LogP contribution in [0.5, 0.6) is 0 Å². The van der Waals surface area contributed by atoms with Gasteiger partial charge in [-0.25, -0.2) is 31.6 Å². The Kier molecular flexibility index (Phi) is 7.29. The summed E-state index contributed by atoms with van der Waals surface area (Å²) in [5.74, 6) is -6.07. The first kappa shape index (κ1) is 26.6. The molecule has 2 atom stereocenters. The van der Waals surface area contributed by atoms with Gasteiger partial charge in [0.25, 0.3) is 0 Å². The first-order valence-electron chi connectivity index (χ1n) is 11.0. The molecule has 7 nitrogen and oxygen atoms in total. The maximum Gasteiger partial charge on any atom is 0.303 e. The Morgan fingerprint density at radius 2 is 1.70 bits per heavy atom. The van der Waals surface area contributed by atoms with Gasteiger partial charge in [-0.15, -0.1) is 0 Å². The lowest BCUT2D eigenvalue weighted by molar-refractivity contribution is -0.124. The zero-order chi connectivity index (χ0) is 27.0. The summed E-state index contributed by atoms with van der Waals surface area (Å²) in [4.78, 5) is 19.8. The van der Waals surface area contributed by atoms with Crippen LogP contribution in [0.1, 0.15) is 24.7 Å². The average Bonchev–Trinajstić information content (AvgIpc) is 3.25. The minimum atomic E-state index is -4.29. The number of halogens is 5. The van der Waals surface area contributed by atoms with Crippen LogP contribution in [0.3, 0.4) is 0 Å². The van der Waals surface area contributed by atoms with E-state index >= 15 is 0 Å². The van der Waals surface area contributed by atoms with Gasteiger partial charge in [0.1, 0.15) is 23.8 Å². The summed E-state index contributed by atoms with van der Waals surface area (Å²) in [5, 5.41) is 2.49. The van der Waals surface area contributed by atoms with Crippen LogP contribution in [0.25, 0.3) is 11.1 Å². The first-order valence-corrected chi connectivity index (χ1v) is 12.5. The number of carbonyl (C=O) groups excluding carboxylic acids is 1. The quantitative estimate of drug-likeness (QED) is 0.459. The second-order valence-electron chi connectivity index (χ2n) is 8.63. The molecule has 37 heavy (non-hydrogen) atoms. The second-order valence-corrected chi connectivity index (χ2v) is 10.5. The molecule has 0 aliphatic carbocycles. The minimum absolute atomic E-state index is 0.229. The summed E-state index contributed by atoms with van der Waals surface area (Å²) in [5.41, 5.74) is 0.795. The molecule has 0 bridgehead atoms. The van der Waals surface area contributed by atoms with Gasteiger partial charge in [-0.2, -0.15) is 13.1 Å². The Labute approximate surface area is 209 Å². The highest BCUT2D eigenvalue weighted by Crippen LogP contribution is 2.29. The summed E-state index contributed by atoms with van der Waals surface area (Å²) in [7, 11) is -4.29. The van der Waals surface area contributed by atoms with Gasteiger partial charge < -0.3 is 5.32 Å². The monoisotopic (exact) mass is 540 g/mol. The van der Waals surface area contributed by atoms with Crippen molar-refractivity contribution in [2.45, 2.75) is 42.9 Å². The lowest BCUT2D eigenvalue weighted by atomic mass is 10.1. The van der Waals surface area contributed by atoms with Crippen molar-refractivity contribution in [2.24, 2.45) is 0 Å². The van der Waals surface area contributed by atoms with Crippen molar-refractivity contribution < 1.29 is 35.2 Å². The molecule has 196 valence electrons. The molecule has 0 spiro atoms. The normalized spacial score (nSPS) is 18.6. The number of alkyl halides is 3.